The number of benzene rings is 1. The molecular weight excluding hydrogens is 528 g/mol. The van der Waals surface area contributed by atoms with Crippen molar-refractivity contribution in [3.63, 3.8) is 0 Å². The molecule has 0 radical (unpaired) electrons. The molecule has 2 fully saturated rings. The number of sulfone groups is 1. The summed E-state index contributed by atoms with van der Waals surface area (Å²) in [5.74, 6) is 2.42. The molecule has 2 N–H and O–H groups in total. The summed E-state index contributed by atoms with van der Waals surface area (Å²) in [6.45, 7) is 5.57. The third-order valence-electron chi connectivity index (χ3n) is 7.99. The number of anilines is 1. The molecule has 11 heteroatoms. The molecule has 1 aliphatic heterocycles. The van der Waals surface area contributed by atoms with Crippen LogP contribution >= 0.6 is 0 Å². The average molecular weight is 569 g/mol. The largest absolute Gasteiger partial charge is 0.493 e. The highest BCUT2D eigenvalue weighted by Crippen LogP contribution is 2.30. The number of likely N-dealkylation sites (tertiary alicyclic amines) is 1. The van der Waals surface area contributed by atoms with Gasteiger partial charge in [0.15, 0.2) is 0 Å². The Morgan fingerprint density at radius 3 is 2.67 bits per heavy atom. The Hall–Kier alpha value is -3.18. The fourth-order valence-electron chi connectivity index (χ4n) is 5.76. The van der Waals surface area contributed by atoms with E-state index < -0.39 is 9.84 Å². The van der Waals surface area contributed by atoms with Crippen molar-refractivity contribution in [2.45, 2.75) is 57.5 Å². The monoisotopic (exact) mass is 568 g/mol. The zero-order valence-electron chi connectivity index (χ0n) is 23.4. The van der Waals surface area contributed by atoms with Crippen LogP contribution in [0, 0.1) is 5.92 Å². The summed E-state index contributed by atoms with van der Waals surface area (Å²) >= 11 is 0. The van der Waals surface area contributed by atoms with Gasteiger partial charge >= 0.3 is 0 Å². The SMILES string of the molecule is CCN1CC[C@@H](NC(=O)C2CCC(Nc3nccc(-n4ccc5c(OCCCS(C)(=O)=O)cccc54)n3)CC2)C1. The Balaban J connectivity index is 1.17. The van der Waals surface area contributed by atoms with Gasteiger partial charge in [-0.05, 0) is 69.3 Å². The van der Waals surface area contributed by atoms with Crippen molar-refractivity contribution < 1.29 is 17.9 Å². The highest BCUT2D eigenvalue weighted by molar-refractivity contribution is 7.90. The van der Waals surface area contributed by atoms with E-state index in [0.29, 0.717) is 24.7 Å². The number of amides is 1. The fraction of sp³-hybridized carbons (Fsp3) is 0.552. The van der Waals surface area contributed by atoms with E-state index in [1.54, 1.807) is 6.20 Å². The second kappa shape index (κ2) is 12.6. The molecule has 10 nitrogen and oxygen atoms in total. The van der Waals surface area contributed by atoms with E-state index in [2.05, 4.69) is 27.4 Å². The molecule has 5 rings (SSSR count). The quantitative estimate of drug-likeness (QED) is 0.338. The first kappa shape index (κ1) is 28.4. The molecular formula is C29H40N6O4S. The molecule has 0 spiro atoms. The van der Waals surface area contributed by atoms with E-state index in [0.717, 1.165) is 68.5 Å². The van der Waals surface area contributed by atoms with Crippen molar-refractivity contribution in [3.05, 3.63) is 42.7 Å². The standard InChI is InChI=1S/C29H40N6O4S/c1-3-34-16-13-23(20-34)31-28(36)21-8-10-22(11-9-21)32-29-30-15-12-27(33-29)35-17-14-24-25(35)6-4-7-26(24)39-18-5-19-40(2,37)38/h4,6-7,12,14-15,17,21-23H,3,5,8-11,13,16,18-20H2,1-2H3,(H,31,36)(H,30,32,33)/t21?,22?,23-/m1/s1. The van der Waals surface area contributed by atoms with Crippen molar-refractivity contribution in [2.75, 3.05) is 43.6 Å². The highest BCUT2D eigenvalue weighted by atomic mass is 32.2. The van der Waals surface area contributed by atoms with Crippen LogP contribution in [0.5, 0.6) is 5.75 Å². The molecule has 1 atom stereocenters. The van der Waals surface area contributed by atoms with Gasteiger partial charge in [-0.25, -0.2) is 13.4 Å². The Kier molecular flexibility index (Phi) is 8.90. The highest BCUT2D eigenvalue weighted by Gasteiger charge is 2.30. The lowest BCUT2D eigenvalue weighted by atomic mass is 9.85. The van der Waals surface area contributed by atoms with Crippen LogP contribution in [0.3, 0.4) is 0 Å². The van der Waals surface area contributed by atoms with Crippen molar-refractivity contribution in [2.24, 2.45) is 5.92 Å². The van der Waals surface area contributed by atoms with Gasteiger partial charge in [0, 0.05) is 55.1 Å². The third kappa shape index (κ3) is 7.11. The Labute approximate surface area is 236 Å². The Morgan fingerprint density at radius 1 is 1.10 bits per heavy atom. The molecule has 1 saturated carbocycles. The first-order chi connectivity index (χ1) is 19.3. The van der Waals surface area contributed by atoms with E-state index in [9.17, 15) is 13.2 Å². The molecule has 3 aromatic rings. The average Bonchev–Trinajstić information content (AvgIpc) is 3.58. The minimum Gasteiger partial charge on any atom is -0.493 e. The van der Waals surface area contributed by atoms with Gasteiger partial charge in [-0.15, -0.1) is 0 Å². The maximum atomic E-state index is 12.8. The molecule has 1 aromatic carbocycles. The van der Waals surface area contributed by atoms with Gasteiger partial charge in [0.1, 0.15) is 21.4 Å². The van der Waals surface area contributed by atoms with Gasteiger partial charge in [0.2, 0.25) is 11.9 Å². The molecule has 2 aromatic heterocycles. The van der Waals surface area contributed by atoms with Crippen LogP contribution < -0.4 is 15.4 Å². The molecule has 0 bridgehead atoms. The first-order valence-electron chi connectivity index (χ1n) is 14.3. The Bertz CT molecular complexity index is 1420. The third-order valence-corrected chi connectivity index (χ3v) is 9.03. The zero-order chi connectivity index (χ0) is 28.1. The molecule has 40 heavy (non-hydrogen) atoms. The lowest BCUT2D eigenvalue weighted by molar-refractivity contribution is -0.126. The number of rotatable bonds is 11. The van der Waals surface area contributed by atoms with Crippen LogP contribution in [0.4, 0.5) is 5.95 Å². The fourth-order valence-corrected chi connectivity index (χ4v) is 6.40. The van der Waals surface area contributed by atoms with E-state index in [4.69, 9.17) is 9.72 Å². The molecule has 1 amide bonds. The van der Waals surface area contributed by atoms with Gasteiger partial charge in [-0.1, -0.05) is 13.0 Å². The Morgan fingerprint density at radius 2 is 1.93 bits per heavy atom. The van der Waals surface area contributed by atoms with Gasteiger partial charge in [-0.2, -0.15) is 4.98 Å². The van der Waals surface area contributed by atoms with Crippen LogP contribution in [-0.4, -0.2) is 84.1 Å². The lowest BCUT2D eigenvalue weighted by Gasteiger charge is -2.29. The number of likely N-dealkylation sites (N-methyl/N-ethyl adjacent to an activating group) is 1. The first-order valence-corrected chi connectivity index (χ1v) is 16.4. The molecule has 1 aliphatic carbocycles. The molecule has 0 unspecified atom stereocenters. The van der Waals surface area contributed by atoms with Crippen molar-refractivity contribution >= 4 is 32.6 Å². The second-order valence-electron chi connectivity index (χ2n) is 11.0. The molecule has 1 saturated heterocycles. The van der Waals surface area contributed by atoms with Crippen molar-refractivity contribution in [1.29, 1.82) is 0 Å². The maximum Gasteiger partial charge on any atom is 0.224 e. The zero-order valence-corrected chi connectivity index (χ0v) is 24.2. The number of nitrogens with one attached hydrogen (secondary N) is 2. The van der Waals surface area contributed by atoms with E-state index in [1.807, 2.05) is 41.1 Å². The van der Waals surface area contributed by atoms with E-state index in [-0.39, 0.29) is 29.7 Å². The summed E-state index contributed by atoms with van der Waals surface area (Å²) in [5.41, 5.74) is 0.945. The van der Waals surface area contributed by atoms with Crippen LogP contribution in [0.25, 0.3) is 16.7 Å². The summed E-state index contributed by atoms with van der Waals surface area (Å²) in [6, 6.07) is 10.2. The maximum absolute atomic E-state index is 12.8. The molecule has 216 valence electrons. The number of ether oxygens (including phenoxy) is 1. The van der Waals surface area contributed by atoms with E-state index >= 15 is 0 Å². The number of hydrogen-bond acceptors (Lipinski definition) is 8. The minimum absolute atomic E-state index is 0.0787. The normalized spacial score (nSPS) is 21.9. The predicted octanol–water partition coefficient (Wildman–Crippen LogP) is 3.42. The number of hydrogen-bond donors (Lipinski definition) is 2. The minimum atomic E-state index is -3.01. The number of carbonyl (C=O) groups is 1. The summed E-state index contributed by atoms with van der Waals surface area (Å²) < 4.78 is 30.7. The van der Waals surface area contributed by atoms with Crippen LogP contribution in [0.2, 0.25) is 0 Å². The summed E-state index contributed by atoms with van der Waals surface area (Å²) in [4.78, 5) is 24.4. The lowest BCUT2D eigenvalue weighted by Crippen LogP contribution is -2.42. The summed E-state index contributed by atoms with van der Waals surface area (Å²) in [5, 5.41) is 7.70. The van der Waals surface area contributed by atoms with Gasteiger partial charge in [0.05, 0.1) is 17.9 Å². The number of fused-ring (bicyclic) bond motifs is 1. The number of carbonyl (C=O) groups excluding carboxylic acids is 1. The molecule has 3 heterocycles. The summed E-state index contributed by atoms with van der Waals surface area (Å²) in [7, 11) is -3.01. The van der Waals surface area contributed by atoms with E-state index in [1.165, 1.54) is 6.26 Å². The molecule has 2 aliphatic rings. The second-order valence-corrected chi connectivity index (χ2v) is 13.3. The van der Waals surface area contributed by atoms with Gasteiger partial charge in [-0.3, -0.25) is 4.79 Å². The van der Waals surface area contributed by atoms with Crippen molar-refractivity contribution in [1.82, 2.24) is 24.8 Å². The van der Waals surface area contributed by atoms with Gasteiger partial charge < -0.3 is 24.8 Å². The van der Waals surface area contributed by atoms with Crippen LogP contribution in [0.1, 0.15) is 45.4 Å². The van der Waals surface area contributed by atoms with Crippen LogP contribution in [-0.2, 0) is 14.6 Å². The van der Waals surface area contributed by atoms with Gasteiger partial charge in [0.25, 0.3) is 0 Å². The summed E-state index contributed by atoms with van der Waals surface area (Å²) in [6.07, 6.45) is 9.97. The van der Waals surface area contributed by atoms with Crippen molar-refractivity contribution in [3.8, 4) is 11.6 Å². The smallest absolute Gasteiger partial charge is 0.224 e. The number of aromatic nitrogens is 3. The topological polar surface area (TPSA) is 118 Å². The number of nitrogens with zero attached hydrogens (tertiary/aromatic N) is 4. The predicted molar refractivity (Wildman–Crippen MR) is 157 cm³/mol. The van der Waals surface area contributed by atoms with Crippen LogP contribution in [0.15, 0.2) is 42.7 Å².